The van der Waals surface area contributed by atoms with Crippen molar-refractivity contribution >= 4 is 11.8 Å². The number of hydrogen-bond acceptors (Lipinski definition) is 3. The molecule has 3 nitrogen and oxygen atoms in total. The van der Waals surface area contributed by atoms with E-state index in [1.54, 1.807) is 0 Å². The first-order valence-corrected chi connectivity index (χ1v) is 8.34. The minimum absolute atomic E-state index is 0.598. The third kappa shape index (κ3) is 2.63. The first-order chi connectivity index (χ1) is 9.88. The largest absolute Gasteiger partial charge is 0.308 e. The molecule has 1 aliphatic heterocycles. The van der Waals surface area contributed by atoms with Crippen molar-refractivity contribution in [3.05, 3.63) is 47.8 Å². The van der Waals surface area contributed by atoms with Crippen molar-refractivity contribution in [1.82, 2.24) is 15.1 Å². The SMILES string of the molecule is c1ccc2c(c1)SCC2Cn1ccc(CNC2CC2)n1. The van der Waals surface area contributed by atoms with Gasteiger partial charge in [0.05, 0.1) is 5.69 Å². The lowest BCUT2D eigenvalue weighted by Crippen LogP contribution is -2.16. The van der Waals surface area contributed by atoms with Crippen LogP contribution < -0.4 is 5.32 Å². The number of nitrogens with zero attached hydrogens (tertiary/aromatic N) is 2. The van der Waals surface area contributed by atoms with Crippen LogP contribution in [0.3, 0.4) is 0 Å². The zero-order chi connectivity index (χ0) is 13.4. The van der Waals surface area contributed by atoms with Crippen LogP contribution in [0.1, 0.15) is 30.0 Å². The molecule has 1 aromatic heterocycles. The zero-order valence-electron chi connectivity index (χ0n) is 11.5. The molecule has 4 heteroatoms. The highest BCUT2D eigenvalue weighted by atomic mass is 32.2. The summed E-state index contributed by atoms with van der Waals surface area (Å²) in [5.74, 6) is 1.77. The zero-order valence-corrected chi connectivity index (χ0v) is 12.3. The van der Waals surface area contributed by atoms with E-state index in [4.69, 9.17) is 5.10 Å². The number of fused-ring (bicyclic) bond motifs is 1. The highest BCUT2D eigenvalue weighted by molar-refractivity contribution is 7.99. The van der Waals surface area contributed by atoms with Gasteiger partial charge in [-0.3, -0.25) is 4.68 Å². The van der Waals surface area contributed by atoms with Gasteiger partial charge in [0.15, 0.2) is 0 Å². The Morgan fingerprint density at radius 3 is 3.05 bits per heavy atom. The predicted octanol–water partition coefficient (Wildman–Crippen LogP) is 3.02. The molecule has 0 bridgehead atoms. The topological polar surface area (TPSA) is 29.9 Å². The van der Waals surface area contributed by atoms with Gasteiger partial charge in [-0.25, -0.2) is 0 Å². The lowest BCUT2D eigenvalue weighted by molar-refractivity contribution is 0.538. The smallest absolute Gasteiger partial charge is 0.0762 e. The predicted molar refractivity (Wildman–Crippen MR) is 82.0 cm³/mol. The van der Waals surface area contributed by atoms with Crippen LogP contribution in [-0.2, 0) is 13.1 Å². The van der Waals surface area contributed by atoms with Crippen molar-refractivity contribution in [1.29, 1.82) is 0 Å². The van der Waals surface area contributed by atoms with E-state index in [1.807, 2.05) is 11.8 Å². The number of benzene rings is 1. The molecule has 4 rings (SSSR count). The lowest BCUT2D eigenvalue weighted by Gasteiger charge is -2.10. The molecular formula is C16H19N3S. The highest BCUT2D eigenvalue weighted by Gasteiger charge is 2.23. The Morgan fingerprint density at radius 2 is 2.15 bits per heavy atom. The van der Waals surface area contributed by atoms with Gasteiger partial charge < -0.3 is 5.32 Å². The Morgan fingerprint density at radius 1 is 1.25 bits per heavy atom. The van der Waals surface area contributed by atoms with E-state index in [0.717, 1.165) is 24.8 Å². The highest BCUT2D eigenvalue weighted by Crippen LogP contribution is 2.39. The third-order valence-corrected chi connectivity index (χ3v) is 5.30. The van der Waals surface area contributed by atoms with Gasteiger partial charge in [-0.1, -0.05) is 18.2 Å². The fourth-order valence-corrected chi connectivity index (χ4v) is 3.98. The van der Waals surface area contributed by atoms with Crippen LogP contribution in [0.25, 0.3) is 0 Å². The monoisotopic (exact) mass is 285 g/mol. The minimum Gasteiger partial charge on any atom is -0.308 e. The minimum atomic E-state index is 0.598. The van der Waals surface area contributed by atoms with Crippen LogP contribution in [0.5, 0.6) is 0 Å². The van der Waals surface area contributed by atoms with Crippen LogP contribution in [0.2, 0.25) is 0 Å². The first kappa shape index (κ1) is 12.5. The number of thioether (sulfide) groups is 1. The molecule has 2 aliphatic rings. The molecule has 1 atom stereocenters. The van der Waals surface area contributed by atoms with Gasteiger partial charge in [0, 0.05) is 41.9 Å². The molecule has 1 saturated carbocycles. The lowest BCUT2D eigenvalue weighted by atomic mass is 10.0. The van der Waals surface area contributed by atoms with E-state index in [-0.39, 0.29) is 0 Å². The number of nitrogens with one attached hydrogen (secondary N) is 1. The standard InChI is InChI=1S/C16H19N3S/c1-2-4-16-15(3-1)12(11-20-16)10-19-8-7-14(18-19)9-17-13-5-6-13/h1-4,7-8,12-13,17H,5-6,9-11H2. The molecule has 1 fully saturated rings. The molecule has 0 spiro atoms. The van der Waals surface area contributed by atoms with Crippen LogP contribution in [0.15, 0.2) is 41.4 Å². The van der Waals surface area contributed by atoms with Crippen LogP contribution in [-0.4, -0.2) is 21.6 Å². The maximum Gasteiger partial charge on any atom is 0.0762 e. The van der Waals surface area contributed by atoms with Gasteiger partial charge >= 0.3 is 0 Å². The Hall–Kier alpha value is -1.26. The van der Waals surface area contributed by atoms with E-state index in [2.05, 4.69) is 46.5 Å². The fraction of sp³-hybridized carbons (Fsp3) is 0.438. The second-order valence-electron chi connectivity index (χ2n) is 5.73. The summed E-state index contributed by atoms with van der Waals surface area (Å²) in [6, 6.07) is 11.7. The van der Waals surface area contributed by atoms with Gasteiger partial charge in [0.1, 0.15) is 0 Å². The van der Waals surface area contributed by atoms with Crippen LogP contribution >= 0.6 is 11.8 Å². The number of hydrogen-bond donors (Lipinski definition) is 1. The molecule has 1 N–H and O–H groups in total. The summed E-state index contributed by atoms with van der Waals surface area (Å²) in [6.07, 6.45) is 4.78. The van der Waals surface area contributed by atoms with E-state index >= 15 is 0 Å². The maximum absolute atomic E-state index is 4.69. The van der Waals surface area contributed by atoms with E-state index in [9.17, 15) is 0 Å². The molecule has 2 heterocycles. The fourth-order valence-electron chi connectivity index (χ4n) is 2.74. The molecule has 20 heavy (non-hydrogen) atoms. The summed E-state index contributed by atoms with van der Waals surface area (Å²) in [5.41, 5.74) is 2.65. The maximum atomic E-state index is 4.69. The Labute approximate surface area is 123 Å². The van der Waals surface area contributed by atoms with Crippen molar-refractivity contribution in [2.24, 2.45) is 0 Å². The summed E-state index contributed by atoms with van der Waals surface area (Å²) < 4.78 is 2.11. The number of rotatable bonds is 5. The first-order valence-electron chi connectivity index (χ1n) is 7.36. The van der Waals surface area contributed by atoms with E-state index < -0.39 is 0 Å². The molecule has 1 unspecified atom stereocenters. The van der Waals surface area contributed by atoms with Crippen molar-refractivity contribution in [2.75, 3.05) is 5.75 Å². The molecule has 0 saturated heterocycles. The molecule has 1 aliphatic carbocycles. The van der Waals surface area contributed by atoms with Gasteiger partial charge in [-0.2, -0.15) is 5.10 Å². The summed E-state index contributed by atoms with van der Waals surface area (Å²) in [7, 11) is 0. The van der Waals surface area contributed by atoms with Gasteiger partial charge in [-0.15, -0.1) is 11.8 Å². The molecule has 2 aromatic rings. The van der Waals surface area contributed by atoms with Gasteiger partial charge in [0.2, 0.25) is 0 Å². The van der Waals surface area contributed by atoms with Crippen molar-refractivity contribution < 1.29 is 0 Å². The van der Waals surface area contributed by atoms with E-state index in [1.165, 1.54) is 29.1 Å². The summed E-state index contributed by atoms with van der Waals surface area (Å²) in [6.45, 7) is 1.90. The Bertz CT molecular complexity index is 603. The second kappa shape index (κ2) is 5.26. The van der Waals surface area contributed by atoms with Crippen molar-refractivity contribution in [3.8, 4) is 0 Å². The van der Waals surface area contributed by atoms with Gasteiger partial charge in [-0.05, 0) is 30.5 Å². The summed E-state index contributed by atoms with van der Waals surface area (Å²) in [5, 5.41) is 8.21. The van der Waals surface area contributed by atoms with Crippen LogP contribution in [0, 0.1) is 0 Å². The van der Waals surface area contributed by atoms with Crippen molar-refractivity contribution in [2.45, 2.75) is 42.8 Å². The normalized spacial score (nSPS) is 21.1. The summed E-state index contributed by atoms with van der Waals surface area (Å²) >= 11 is 1.97. The third-order valence-electron chi connectivity index (χ3n) is 4.05. The molecule has 104 valence electrons. The molecule has 0 amide bonds. The average molecular weight is 285 g/mol. The number of aromatic nitrogens is 2. The second-order valence-corrected chi connectivity index (χ2v) is 6.79. The molecular weight excluding hydrogens is 266 g/mol. The average Bonchev–Trinajstić information content (AvgIpc) is 3.06. The van der Waals surface area contributed by atoms with Crippen LogP contribution in [0.4, 0.5) is 0 Å². The Balaban J connectivity index is 1.41. The summed E-state index contributed by atoms with van der Waals surface area (Å²) in [4.78, 5) is 1.44. The quantitative estimate of drug-likeness (QED) is 0.916. The molecule has 0 radical (unpaired) electrons. The van der Waals surface area contributed by atoms with E-state index in [0.29, 0.717) is 5.92 Å². The molecule has 1 aromatic carbocycles. The van der Waals surface area contributed by atoms with Crippen molar-refractivity contribution in [3.63, 3.8) is 0 Å². The Kier molecular flexibility index (Phi) is 3.28. The van der Waals surface area contributed by atoms with Gasteiger partial charge in [0.25, 0.3) is 0 Å².